The Labute approximate surface area is 248 Å². The Morgan fingerprint density at radius 1 is 0.450 bits per heavy atom. The van der Waals surface area contributed by atoms with E-state index in [2.05, 4.69) is 6.92 Å². The van der Waals surface area contributed by atoms with Gasteiger partial charge in [-0.05, 0) is 31.4 Å². The molecule has 0 saturated carbocycles. The second-order valence-corrected chi connectivity index (χ2v) is 12.4. The van der Waals surface area contributed by atoms with Crippen molar-refractivity contribution in [2.45, 2.75) is 168 Å². The molecule has 0 amide bonds. The van der Waals surface area contributed by atoms with E-state index in [9.17, 15) is 10.2 Å². The van der Waals surface area contributed by atoms with Crippen LogP contribution in [0.4, 0.5) is 0 Å². The fourth-order valence-corrected chi connectivity index (χ4v) is 6.18. The zero-order valence-electron chi connectivity index (χ0n) is 26.5. The predicted octanol–water partition coefficient (Wildman–Crippen LogP) is 12.4. The SMILES string of the molecule is CCCCCCCCCCCCCCCCCCCCCCCC(c1cccc(C)c1O)c1cccc(C)c1O. The fraction of sp³-hybridized carbons (Fsp3) is 0.684. The summed E-state index contributed by atoms with van der Waals surface area (Å²) in [4.78, 5) is 0. The molecule has 2 rings (SSSR count). The molecule has 0 aliphatic carbocycles. The average molecular weight is 551 g/mol. The quantitative estimate of drug-likeness (QED) is 0.128. The molecule has 0 unspecified atom stereocenters. The van der Waals surface area contributed by atoms with E-state index in [0.717, 1.165) is 35.1 Å². The topological polar surface area (TPSA) is 40.5 Å². The first-order valence-corrected chi connectivity index (χ1v) is 17.1. The van der Waals surface area contributed by atoms with E-state index in [0.29, 0.717) is 11.5 Å². The summed E-state index contributed by atoms with van der Waals surface area (Å²) in [6.07, 6.45) is 30.2. The molecule has 0 saturated heterocycles. The van der Waals surface area contributed by atoms with E-state index in [1.807, 2.05) is 50.2 Å². The fourth-order valence-electron chi connectivity index (χ4n) is 6.18. The lowest BCUT2D eigenvalue weighted by molar-refractivity contribution is 0.443. The lowest BCUT2D eigenvalue weighted by atomic mass is 9.84. The smallest absolute Gasteiger partial charge is 0.122 e. The van der Waals surface area contributed by atoms with Gasteiger partial charge in [0.25, 0.3) is 0 Å². The Bertz CT molecular complexity index is 851. The van der Waals surface area contributed by atoms with E-state index < -0.39 is 0 Å². The van der Waals surface area contributed by atoms with Crippen LogP contribution >= 0.6 is 0 Å². The first kappa shape index (κ1) is 34.2. The predicted molar refractivity (Wildman–Crippen MR) is 175 cm³/mol. The molecule has 0 aliphatic heterocycles. The molecule has 2 aromatic carbocycles. The molecule has 0 heterocycles. The number of aryl methyl sites for hydroxylation is 2. The second-order valence-electron chi connectivity index (χ2n) is 12.4. The monoisotopic (exact) mass is 550 g/mol. The van der Waals surface area contributed by atoms with Gasteiger partial charge < -0.3 is 10.2 Å². The highest BCUT2D eigenvalue weighted by atomic mass is 16.3. The summed E-state index contributed by atoms with van der Waals surface area (Å²) in [5.41, 5.74) is 3.67. The summed E-state index contributed by atoms with van der Waals surface area (Å²) in [7, 11) is 0. The molecule has 226 valence electrons. The van der Waals surface area contributed by atoms with Gasteiger partial charge in [0.1, 0.15) is 11.5 Å². The van der Waals surface area contributed by atoms with Crippen molar-refractivity contribution in [1.29, 1.82) is 0 Å². The molecule has 0 bridgehead atoms. The second kappa shape index (κ2) is 21.7. The Kier molecular flexibility index (Phi) is 18.6. The molecule has 0 fully saturated rings. The van der Waals surface area contributed by atoms with Gasteiger partial charge in [0.15, 0.2) is 0 Å². The van der Waals surface area contributed by atoms with Crippen LogP contribution in [0.3, 0.4) is 0 Å². The Balaban J connectivity index is 1.50. The highest BCUT2D eigenvalue weighted by Gasteiger charge is 2.21. The van der Waals surface area contributed by atoms with Crippen LogP contribution < -0.4 is 0 Å². The summed E-state index contributed by atoms with van der Waals surface area (Å²) in [5, 5.41) is 21.6. The van der Waals surface area contributed by atoms with Crippen LogP contribution in [0.5, 0.6) is 11.5 Å². The van der Waals surface area contributed by atoms with Crippen molar-refractivity contribution in [1.82, 2.24) is 0 Å². The summed E-state index contributed by atoms with van der Waals surface area (Å²) in [6.45, 7) is 6.19. The Morgan fingerprint density at radius 2 is 0.750 bits per heavy atom. The molecular formula is C38H62O2. The highest BCUT2D eigenvalue weighted by molar-refractivity contribution is 5.50. The number of unbranched alkanes of at least 4 members (excludes halogenated alkanes) is 20. The summed E-state index contributed by atoms with van der Waals surface area (Å²) in [5.74, 6) is 0.772. The van der Waals surface area contributed by atoms with Crippen LogP contribution in [0.2, 0.25) is 0 Å². The zero-order valence-corrected chi connectivity index (χ0v) is 26.5. The van der Waals surface area contributed by atoms with Crippen LogP contribution in [-0.4, -0.2) is 10.2 Å². The molecule has 0 atom stereocenters. The van der Waals surface area contributed by atoms with Gasteiger partial charge in [0.05, 0.1) is 0 Å². The van der Waals surface area contributed by atoms with Gasteiger partial charge in [-0.25, -0.2) is 0 Å². The van der Waals surface area contributed by atoms with Crippen LogP contribution in [-0.2, 0) is 0 Å². The lowest BCUT2D eigenvalue weighted by Crippen LogP contribution is -2.04. The molecule has 0 spiro atoms. The van der Waals surface area contributed by atoms with Crippen molar-refractivity contribution in [2.75, 3.05) is 0 Å². The van der Waals surface area contributed by atoms with Gasteiger partial charge in [-0.2, -0.15) is 0 Å². The summed E-state index contributed by atoms with van der Waals surface area (Å²) >= 11 is 0. The third kappa shape index (κ3) is 13.6. The third-order valence-corrected chi connectivity index (χ3v) is 8.89. The molecule has 2 heteroatoms. The summed E-state index contributed by atoms with van der Waals surface area (Å²) < 4.78 is 0. The van der Waals surface area contributed by atoms with Crippen molar-refractivity contribution in [3.05, 3.63) is 58.7 Å². The number of rotatable bonds is 24. The van der Waals surface area contributed by atoms with Crippen molar-refractivity contribution in [2.24, 2.45) is 0 Å². The van der Waals surface area contributed by atoms with Crippen LogP contribution in [0, 0.1) is 13.8 Å². The Hall–Kier alpha value is -1.96. The number of hydrogen-bond acceptors (Lipinski definition) is 2. The first-order chi connectivity index (χ1) is 19.6. The number of phenols is 2. The minimum atomic E-state index is 0.0279. The molecule has 2 N–H and O–H groups in total. The van der Waals surface area contributed by atoms with Gasteiger partial charge in [-0.1, -0.05) is 178 Å². The number of hydrogen-bond donors (Lipinski definition) is 2. The summed E-state index contributed by atoms with van der Waals surface area (Å²) in [6, 6.07) is 12.0. The number of phenolic OH excluding ortho intramolecular Hbond substituents is 2. The van der Waals surface area contributed by atoms with Crippen molar-refractivity contribution >= 4 is 0 Å². The third-order valence-electron chi connectivity index (χ3n) is 8.89. The molecule has 0 radical (unpaired) electrons. The number of para-hydroxylation sites is 2. The van der Waals surface area contributed by atoms with E-state index in [-0.39, 0.29) is 5.92 Å². The maximum Gasteiger partial charge on any atom is 0.122 e. The molecule has 0 aromatic heterocycles. The van der Waals surface area contributed by atoms with Crippen molar-refractivity contribution in [3.63, 3.8) is 0 Å². The van der Waals surface area contributed by atoms with Crippen LogP contribution in [0.15, 0.2) is 36.4 Å². The molecule has 2 aromatic rings. The van der Waals surface area contributed by atoms with E-state index >= 15 is 0 Å². The molecule has 2 nitrogen and oxygen atoms in total. The number of benzene rings is 2. The molecule has 40 heavy (non-hydrogen) atoms. The van der Waals surface area contributed by atoms with E-state index in [1.54, 1.807) is 0 Å². The van der Waals surface area contributed by atoms with Crippen molar-refractivity contribution in [3.8, 4) is 11.5 Å². The molecule has 0 aliphatic rings. The molecular weight excluding hydrogens is 488 g/mol. The van der Waals surface area contributed by atoms with E-state index in [1.165, 1.54) is 128 Å². The van der Waals surface area contributed by atoms with Gasteiger partial charge in [-0.3, -0.25) is 0 Å². The lowest BCUT2D eigenvalue weighted by Gasteiger charge is -2.22. The maximum absolute atomic E-state index is 10.8. The van der Waals surface area contributed by atoms with E-state index in [4.69, 9.17) is 0 Å². The zero-order chi connectivity index (χ0) is 28.8. The van der Waals surface area contributed by atoms with Gasteiger partial charge in [-0.15, -0.1) is 0 Å². The minimum Gasteiger partial charge on any atom is -0.507 e. The minimum absolute atomic E-state index is 0.0279. The van der Waals surface area contributed by atoms with Crippen LogP contribution in [0.1, 0.15) is 176 Å². The standard InChI is InChI=1S/C38H62O2/c1-4-5-6-7-8-9-10-11-12-13-14-15-16-17-18-19-20-21-22-23-24-29-34(35-30-25-27-32(2)37(35)39)36-31-26-28-33(3)38(36)40/h25-28,30-31,34,39-40H,4-24,29H2,1-3H3. The van der Waals surface area contributed by atoms with Gasteiger partial charge >= 0.3 is 0 Å². The highest BCUT2D eigenvalue weighted by Crippen LogP contribution is 2.41. The first-order valence-electron chi connectivity index (χ1n) is 17.1. The largest absolute Gasteiger partial charge is 0.507 e. The number of aromatic hydroxyl groups is 2. The van der Waals surface area contributed by atoms with Gasteiger partial charge in [0, 0.05) is 17.0 Å². The van der Waals surface area contributed by atoms with Crippen LogP contribution in [0.25, 0.3) is 0 Å². The Morgan fingerprint density at radius 3 is 1.07 bits per heavy atom. The van der Waals surface area contributed by atoms with Gasteiger partial charge in [0.2, 0.25) is 0 Å². The normalized spacial score (nSPS) is 11.5. The van der Waals surface area contributed by atoms with Crippen molar-refractivity contribution < 1.29 is 10.2 Å². The average Bonchev–Trinajstić information content (AvgIpc) is 2.95. The maximum atomic E-state index is 10.8.